The number of hydrogen-bond donors (Lipinski definition) is 0. The molecule has 2 heteroatoms. The second-order valence-electron chi connectivity index (χ2n) is 26.0. The van der Waals surface area contributed by atoms with E-state index >= 15 is 0 Å². The van der Waals surface area contributed by atoms with E-state index in [4.69, 9.17) is 0 Å². The second kappa shape index (κ2) is 6.99. The summed E-state index contributed by atoms with van der Waals surface area (Å²) in [6.07, 6.45) is 19.5. The Morgan fingerprint density at radius 2 is 0.329 bits per heavy atom. The van der Waals surface area contributed by atoms with Gasteiger partial charge in [-0.1, -0.05) is 0 Å². The Balaban J connectivity index is 0.000000522. The Kier molecular flexibility index (Phi) is 2.83. The van der Waals surface area contributed by atoms with Gasteiger partial charge in [-0.2, -0.15) is 0 Å². The molecule has 10 radical (unpaired) electrons. The van der Waals surface area contributed by atoms with Crippen molar-refractivity contribution in [2.75, 3.05) is 6.54 Å². The van der Waals surface area contributed by atoms with Gasteiger partial charge in [-0.15, -0.1) is 0 Å². The predicted molar refractivity (Wildman–Crippen MR) is 303 cm³/mol. The fourth-order valence-corrected chi connectivity index (χ4v) is 25.4. The van der Waals surface area contributed by atoms with Gasteiger partial charge >= 0.3 is 17.1 Å². The van der Waals surface area contributed by atoms with E-state index in [1.165, 1.54) is 5.92 Å². The first-order chi connectivity index (χ1) is 35.9. The Labute approximate surface area is 413 Å². The molecule has 1 aliphatic heterocycles. The van der Waals surface area contributed by atoms with Crippen molar-refractivity contribution in [1.82, 2.24) is 4.90 Å². The number of benzene rings is 18. The predicted octanol–water partition coefficient (Wildman–Crippen LogP) is 17.9. The maximum atomic E-state index is 3.20. The largest absolute Gasteiger partial charge is 2.00 e. The summed E-state index contributed by atoms with van der Waals surface area (Å²) in [5.41, 5.74) is 6.58. The van der Waals surface area contributed by atoms with Crippen LogP contribution in [0.1, 0.15) is 22.3 Å². The normalized spacial score (nSPS) is 24.9. The van der Waals surface area contributed by atoms with Crippen molar-refractivity contribution in [2.45, 2.75) is 11.1 Å². The van der Waals surface area contributed by atoms with Crippen LogP contribution in [-0.2, 0) is 28.1 Å². The third kappa shape index (κ3) is 1.67. The molecule has 2 spiro atoms. The quantitative estimate of drug-likeness (QED) is 0.0948. The summed E-state index contributed by atoms with van der Waals surface area (Å²) in [6.45, 7) is 0.991. The summed E-state index contributed by atoms with van der Waals surface area (Å²) < 4.78 is 0. The van der Waals surface area contributed by atoms with Crippen LogP contribution in [-0.4, -0.2) is 11.4 Å². The van der Waals surface area contributed by atoms with Crippen LogP contribution in [0.4, 0.5) is 0 Å². The zero-order chi connectivity index (χ0) is 42.7. The van der Waals surface area contributed by atoms with Crippen LogP contribution in [0, 0.1) is 63.7 Å². The summed E-state index contributed by atoms with van der Waals surface area (Å²) in [5.74, 6) is 1.48. The first-order valence-corrected chi connectivity index (χ1v) is 26.9. The van der Waals surface area contributed by atoms with Crippen molar-refractivity contribution in [2.24, 2.45) is 0 Å². The van der Waals surface area contributed by atoms with Gasteiger partial charge in [0.05, 0.1) is 0 Å². The van der Waals surface area contributed by atoms with Crippen LogP contribution in [0.5, 0.6) is 0 Å². The third-order valence-electron chi connectivity index (χ3n) is 25.6. The molecule has 35 rings (SSSR count). The molecule has 1 saturated heterocycles. The molecule has 3 fully saturated rings. The average Bonchev–Trinajstić information content (AvgIpc) is 4.22. The van der Waals surface area contributed by atoms with Gasteiger partial charge in [0.25, 0.3) is 0 Å². The molecule has 0 bridgehead atoms. The van der Waals surface area contributed by atoms with Crippen LogP contribution in [0.15, 0.2) is 0 Å². The SMILES string of the molecule is [CH]1[CH][CH][CH][CH]1.[CH]1[CH][CH][C](CN2C34c5c6c7c8c9c%10c(c%11c%12c3c3c5c5c%13c6c6c7c7c9c9c%14c%10c%10c%11c%11c%12c%12c3c3c5c5c%13c%13c6c6c7c9c7c9c%14c%10c%10c%11c%11c%12c3c3c5c5c%13c6c7c6c9c%10c%11c3c56)C824)[CH]1.[Fe+2]. The average molecular weight is 934 g/mol. The van der Waals surface area contributed by atoms with Crippen LogP contribution in [0.2, 0.25) is 0 Å². The standard InChI is InChI=1S/C66H6N.C5H5.Fe/c1-2-4-6(3-1)5-67-65-61-53-45-35-25-17-9-7-8-11-15-13(9)21-29-23(15)33-27-19(11)20-12(8)16-14-10(7)18(17)26-32-22(14)30-24(16)34-28(20)38-37(27)47-41(33)51-43(29)49(39(45)31(21)25)57(61)59(51)63-55(47)56-48(38)42(34)52-44(30)50-40(32)46(36(26)35)54(53)62(65)58(50)60(52)64(56)66(63,65)67;1-2-4-5-3-1;/h1-4H,5H2;1-5H;/q;;+2. The van der Waals surface area contributed by atoms with Crippen molar-refractivity contribution in [3.05, 3.63) is 86.0 Å². The van der Waals surface area contributed by atoms with Crippen molar-refractivity contribution in [3.8, 4) is 0 Å². The Hall–Kier alpha value is -7.06. The monoisotopic (exact) mass is 933 g/mol. The number of rotatable bonds is 2. The molecule has 6 aliphatic carbocycles. The van der Waals surface area contributed by atoms with E-state index in [1.807, 2.05) is 32.1 Å². The van der Waals surface area contributed by atoms with Crippen LogP contribution < -0.4 is 0 Å². The molecular weight excluding hydrogens is 923 g/mol. The fraction of sp³-hybridized carbons (Fsp3) is 0.0423. The van der Waals surface area contributed by atoms with Crippen molar-refractivity contribution in [3.63, 3.8) is 0 Å². The van der Waals surface area contributed by atoms with Gasteiger partial charge in [-0.3, -0.25) is 4.90 Å². The van der Waals surface area contributed by atoms with Gasteiger partial charge in [-0.05, 0) is 377 Å². The van der Waals surface area contributed by atoms with E-state index < -0.39 is 0 Å². The minimum absolute atomic E-state index is 0. The van der Waals surface area contributed by atoms with E-state index in [-0.39, 0.29) is 28.1 Å². The van der Waals surface area contributed by atoms with Gasteiger partial charge in [0.2, 0.25) is 0 Å². The second-order valence-corrected chi connectivity index (χ2v) is 26.0. The Morgan fingerprint density at radius 1 is 0.192 bits per heavy atom. The van der Waals surface area contributed by atoms with Crippen molar-refractivity contribution >= 4 is 291 Å². The zero-order valence-electron chi connectivity index (χ0n) is 37.2. The molecule has 306 valence electrons. The molecule has 0 aromatic heterocycles. The van der Waals surface area contributed by atoms with Gasteiger partial charge in [0.15, 0.2) is 0 Å². The van der Waals surface area contributed by atoms with Gasteiger partial charge in [-0.25, -0.2) is 0 Å². The van der Waals surface area contributed by atoms with E-state index in [1.54, 1.807) is 313 Å². The third-order valence-corrected chi connectivity index (χ3v) is 25.6. The Morgan fingerprint density at radius 3 is 0.479 bits per heavy atom. The summed E-state index contributed by atoms with van der Waals surface area (Å²) >= 11 is 0. The molecule has 73 heavy (non-hydrogen) atoms. The van der Waals surface area contributed by atoms with Gasteiger partial charge in [0.1, 0.15) is 11.1 Å². The molecule has 0 N–H and O–H groups in total. The topological polar surface area (TPSA) is 3.01 Å². The molecule has 28 aromatic rings. The van der Waals surface area contributed by atoms with Crippen LogP contribution in [0.25, 0.3) is 291 Å². The molecule has 1 nitrogen and oxygen atoms in total. The van der Waals surface area contributed by atoms with E-state index in [2.05, 4.69) is 30.6 Å². The number of nitrogens with zero attached hydrogens (tertiary/aromatic N) is 1. The molecule has 0 atom stereocenters. The Bertz CT molecular complexity index is 6600. The maximum absolute atomic E-state index is 3.20. The zero-order valence-corrected chi connectivity index (χ0v) is 38.3. The molecule has 0 amide bonds. The summed E-state index contributed by atoms with van der Waals surface area (Å²) in [7, 11) is 0. The minimum atomic E-state index is -0.227. The van der Waals surface area contributed by atoms with Crippen LogP contribution in [0.3, 0.4) is 0 Å². The first kappa shape index (κ1) is 29.6. The maximum Gasteiger partial charge on any atom is 2.00 e. The van der Waals surface area contributed by atoms with Gasteiger partial charge < -0.3 is 0 Å². The van der Waals surface area contributed by atoms with E-state index in [0.717, 1.165) is 6.54 Å². The van der Waals surface area contributed by atoms with E-state index in [9.17, 15) is 0 Å². The van der Waals surface area contributed by atoms with Crippen LogP contribution >= 0.6 is 0 Å². The minimum Gasteiger partial charge on any atom is -0.271 e. The summed E-state index contributed by atoms with van der Waals surface area (Å²) in [5, 5.41) is 90.6. The fourth-order valence-electron chi connectivity index (χ4n) is 25.4. The van der Waals surface area contributed by atoms with Crippen molar-refractivity contribution < 1.29 is 17.1 Å². The molecular formula is C71H11FeN+2. The van der Waals surface area contributed by atoms with E-state index in [0.29, 0.717) is 0 Å². The summed E-state index contributed by atoms with van der Waals surface area (Å²) in [4.78, 5) is 3.20. The van der Waals surface area contributed by atoms with Gasteiger partial charge in [0, 0.05) is 6.54 Å². The molecule has 2 saturated carbocycles. The van der Waals surface area contributed by atoms with Crippen molar-refractivity contribution in [1.29, 1.82) is 0 Å². The molecule has 0 unspecified atom stereocenters. The summed E-state index contributed by atoms with van der Waals surface area (Å²) in [6, 6.07) is 0. The molecule has 28 aromatic carbocycles. The smallest absolute Gasteiger partial charge is 0.271 e. The molecule has 7 aliphatic rings. The molecule has 1 heterocycles. The number of hydrogen-bond acceptors (Lipinski definition) is 1. The first-order valence-electron chi connectivity index (χ1n) is 26.9.